The van der Waals surface area contributed by atoms with Crippen LogP contribution in [0.15, 0.2) is 18.3 Å². The number of halogens is 1. The van der Waals surface area contributed by atoms with E-state index in [4.69, 9.17) is 16.9 Å². The molecule has 90 valence electrons. The minimum atomic E-state index is -0.162. The summed E-state index contributed by atoms with van der Waals surface area (Å²) in [5.41, 5.74) is 0.776. The summed E-state index contributed by atoms with van der Waals surface area (Å²) in [6.45, 7) is 4.34. The lowest BCUT2D eigenvalue weighted by molar-refractivity contribution is 0.0712. The third-order valence-electron chi connectivity index (χ3n) is 2.32. The number of rotatable bonds is 4. The van der Waals surface area contributed by atoms with Crippen LogP contribution < -0.4 is 0 Å². The summed E-state index contributed by atoms with van der Waals surface area (Å²) < 4.78 is 0. The minimum absolute atomic E-state index is 0.0682. The Hall–Kier alpha value is -1.60. The lowest BCUT2D eigenvalue weighted by Gasteiger charge is -2.25. The summed E-state index contributed by atoms with van der Waals surface area (Å²) >= 11 is 5.66. The maximum absolute atomic E-state index is 12.1. The molecule has 0 N–H and O–H groups in total. The Morgan fingerprint density at radius 1 is 1.59 bits per heavy atom. The molecule has 0 saturated carbocycles. The Morgan fingerprint density at radius 3 is 2.71 bits per heavy atom. The molecule has 1 aromatic heterocycles. The first kappa shape index (κ1) is 13.5. The number of nitriles is 1. The number of pyridine rings is 1. The van der Waals surface area contributed by atoms with Crippen molar-refractivity contribution in [1.29, 1.82) is 5.26 Å². The number of carbonyl (C=O) groups is 1. The number of aromatic nitrogens is 1. The Kier molecular flexibility index (Phi) is 4.92. The van der Waals surface area contributed by atoms with Crippen LogP contribution in [0.3, 0.4) is 0 Å². The number of hydrogen-bond donors (Lipinski definition) is 0. The van der Waals surface area contributed by atoms with Crippen LogP contribution in [0, 0.1) is 11.3 Å². The molecule has 1 heterocycles. The largest absolute Gasteiger partial charge is 0.334 e. The zero-order valence-corrected chi connectivity index (χ0v) is 10.6. The quantitative estimate of drug-likeness (QED) is 0.770. The fourth-order valence-corrected chi connectivity index (χ4v) is 1.60. The van der Waals surface area contributed by atoms with Crippen molar-refractivity contribution in [2.24, 2.45) is 0 Å². The van der Waals surface area contributed by atoms with E-state index in [0.29, 0.717) is 23.7 Å². The lowest BCUT2D eigenvalue weighted by Crippen LogP contribution is -2.38. The maximum atomic E-state index is 12.1. The average molecular weight is 252 g/mol. The van der Waals surface area contributed by atoms with Crippen LogP contribution in [-0.4, -0.2) is 34.3 Å². The number of nitrogens with zero attached hydrogens (tertiary/aromatic N) is 3. The van der Waals surface area contributed by atoms with Crippen molar-refractivity contribution in [2.75, 3.05) is 12.4 Å². The van der Waals surface area contributed by atoms with Gasteiger partial charge in [-0.1, -0.05) is 0 Å². The van der Waals surface area contributed by atoms with Gasteiger partial charge in [0.2, 0.25) is 0 Å². The van der Waals surface area contributed by atoms with Crippen molar-refractivity contribution in [2.45, 2.75) is 19.9 Å². The van der Waals surface area contributed by atoms with E-state index in [1.165, 1.54) is 6.20 Å². The van der Waals surface area contributed by atoms with Crippen LogP contribution in [0.1, 0.15) is 29.9 Å². The summed E-state index contributed by atoms with van der Waals surface area (Å²) in [6, 6.07) is 5.17. The van der Waals surface area contributed by atoms with E-state index in [9.17, 15) is 4.79 Å². The molecule has 0 unspecified atom stereocenters. The van der Waals surface area contributed by atoms with Crippen molar-refractivity contribution < 1.29 is 4.79 Å². The van der Waals surface area contributed by atoms with Crippen LogP contribution >= 0.6 is 11.6 Å². The first-order valence-corrected chi connectivity index (χ1v) is 5.86. The summed E-state index contributed by atoms with van der Waals surface area (Å²) in [5.74, 6) is 0.227. The zero-order valence-electron chi connectivity index (χ0n) is 9.85. The molecule has 4 nitrogen and oxygen atoms in total. The van der Waals surface area contributed by atoms with Crippen molar-refractivity contribution in [3.8, 4) is 6.07 Å². The molecule has 0 saturated heterocycles. The number of amides is 1. The average Bonchev–Trinajstić information content (AvgIpc) is 2.35. The molecule has 0 spiro atoms. The highest BCUT2D eigenvalue weighted by molar-refractivity contribution is 6.18. The summed E-state index contributed by atoms with van der Waals surface area (Å²) in [4.78, 5) is 17.7. The fourth-order valence-electron chi connectivity index (χ4n) is 1.42. The van der Waals surface area contributed by atoms with E-state index in [1.807, 2.05) is 19.9 Å². The maximum Gasteiger partial charge on any atom is 0.272 e. The summed E-state index contributed by atoms with van der Waals surface area (Å²) in [7, 11) is 0. The first-order valence-electron chi connectivity index (χ1n) is 5.33. The van der Waals surface area contributed by atoms with Crippen molar-refractivity contribution in [3.05, 3.63) is 29.6 Å². The van der Waals surface area contributed by atoms with Gasteiger partial charge in [0.15, 0.2) is 0 Å². The predicted molar refractivity (Wildman–Crippen MR) is 65.8 cm³/mol. The minimum Gasteiger partial charge on any atom is -0.334 e. The molecule has 0 aliphatic rings. The molecule has 1 aromatic rings. The predicted octanol–water partition coefficient (Wildman–Crippen LogP) is 2.04. The second-order valence-electron chi connectivity index (χ2n) is 3.83. The van der Waals surface area contributed by atoms with Crippen LogP contribution in [-0.2, 0) is 0 Å². The van der Waals surface area contributed by atoms with Gasteiger partial charge in [0.1, 0.15) is 11.8 Å². The van der Waals surface area contributed by atoms with Gasteiger partial charge in [0.25, 0.3) is 5.91 Å². The number of carbonyl (C=O) groups excluding carboxylic acids is 1. The highest BCUT2D eigenvalue weighted by Gasteiger charge is 2.18. The molecule has 5 heteroatoms. The Bertz CT molecular complexity index is 422. The van der Waals surface area contributed by atoms with Gasteiger partial charge in [-0.05, 0) is 26.0 Å². The summed E-state index contributed by atoms with van der Waals surface area (Å²) in [6.07, 6.45) is 1.40. The van der Waals surface area contributed by atoms with Crippen molar-refractivity contribution >= 4 is 17.5 Å². The van der Waals surface area contributed by atoms with E-state index in [1.54, 1.807) is 17.0 Å². The van der Waals surface area contributed by atoms with Gasteiger partial charge in [-0.15, -0.1) is 11.6 Å². The SMILES string of the molecule is CC(C)N(CCCl)C(=O)c1ccc(C#N)cn1. The molecule has 0 bridgehead atoms. The van der Waals surface area contributed by atoms with Gasteiger partial charge in [-0.25, -0.2) is 4.98 Å². The molecule has 0 aliphatic carbocycles. The third-order valence-corrected chi connectivity index (χ3v) is 2.49. The molecule has 0 aromatic carbocycles. The zero-order chi connectivity index (χ0) is 12.8. The van der Waals surface area contributed by atoms with E-state index in [-0.39, 0.29) is 11.9 Å². The lowest BCUT2D eigenvalue weighted by atomic mass is 10.2. The fraction of sp³-hybridized carbons (Fsp3) is 0.417. The van der Waals surface area contributed by atoms with E-state index in [0.717, 1.165) is 0 Å². The Labute approximate surface area is 106 Å². The molecular weight excluding hydrogens is 238 g/mol. The van der Waals surface area contributed by atoms with E-state index < -0.39 is 0 Å². The van der Waals surface area contributed by atoms with Crippen LogP contribution in [0.25, 0.3) is 0 Å². The Balaban J connectivity index is 2.90. The van der Waals surface area contributed by atoms with Gasteiger partial charge >= 0.3 is 0 Å². The second-order valence-corrected chi connectivity index (χ2v) is 4.20. The number of hydrogen-bond acceptors (Lipinski definition) is 3. The smallest absolute Gasteiger partial charge is 0.272 e. The molecule has 1 amide bonds. The topological polar surface area (TPSA) is 57.0 Å². The highest BCUT2D eigenvalue weighted by atomic mass is 35.5. The van der Waals surface area contributed by atoms with Crippen LogP contribution in [0.4, 0.5) is 0 Å². The molecule has 0 radical (unpaired) electrons. The summed E-state index contributed by atoms with van der Waals surface area (Å²) in [5, 5.41) is 8.65. The van der Waals surface area contributed by atoms with Crippen molar-refractivity contribution in [3.63, 3.8) is 0 Å². The highest BCUT2D eigenvalue weighted by Crippen LogP contribution is 2.07. The monoisotopic (exact) mass is 251 g/mol. The van der Waals surface area contributed by atoms with E-state index in [2.05, 4.69) is 4.98 Å². The van der Waals surface area contributed by atoms with Crippen LogP contribution in [0.5, 0.6) is 0 Å². The van der Waals surface area contributed by atoms with Gasteiger partial charge in [0, 0.05) is 24.7 Å². The molecule has 0 aliphatic heterocycles. The van der Waals surface area contributed by atoms with E-state index >= 15 is 0 Å². The van der Waals surface area contributed by atoms with Crippen LogP contribution in [0.2, 0.25) is 0 Å². The molecule has 1 rings (SSSR count). The Morgan fingerprint density at radius 2 is 2.29 bits per heavy atom. The van der Waals surface area contributed by atoms with Crippen molar-refractivity contribution in [1.82, 2.24) is 9.88 Å². The standard InChI is InChI=1S/C12H14ClN3O/c1-9(2)16(6-5-13)12(17)11-4-3-10(7-14)8-15-11/h3-4,8-9H,5-6H2,1-2H3. The normalized spacial score (nSPS) is 10.1. The van der Waals surface area contributed by atoms with Gasteiger partial charge in [-0.3, -0.25) is 4.79 Å². The van der Waals surface area contributed by atoms with Gasteiger partial charge in [0.05, 0.1) is 5.56 Å². The molecule has 17 heavy (non-hydrogen) atoms. The first-order chi connectivity index (χ1) is 8.10. The molecule has 0 fully saturated rings. The molecule has 0 atom stereocenters. The van der Waals surface area contributed by atoms with Gasteiger partial charge < -0.3 is 4.90 Å². The van der Waals surface area contributed by atoms with Gasteiger partial charge in [-0.2, -0.15) is 5.26 Å². The molecular formula is C12H14ClN3O. The number of alkyl halides is 1. The second kappa shape index (κ2) is 6.21. The third kappa shape index (κ3) is 3.43.